The molecule has 0 aliphatic heterocycles. The molecule has 1 aromatic rings. The number of rotatable bonds is 7. The van der Waals surface area contributed by atoms with Gasteiger partial charge in [-0.2, -0.15) is 0 Å². The molecule has 3 N–H and O–H groups in total. The summed E-state index contributed by atoms with van der Waals surface area (Å²) in [5.74, 6) is -0.392. The van der Waals surface area contributed by atoms with E-state index in [0.29, 0.717) is 18.2 Å². The largest absolute Gasteiger partial charge is 0.355 e. The van der Waals surface area contributed by atoms with Gasteiger partial charge in [-0.3, -0.25) is 19.8 Å². The van der Waals surface area contributed by atoms with Gasteiger partial charge in [-0.25, -0.2) is 4.79 Å². The normalized spacial score (nSPS) is 17.2. The quantitative estimate of drug-likeness (QED) is 0.670. The molecule has 0 unspecified atom stereocenters. The van der Waals surface area contributed by atoms with E-state index in [1.807, 2.05) is 12.1 Å². The first-order chi connectivity index (χ1) is 13.5. The second-order valence-corrected chi connectivity index (χ2v) is 7.77. The van der Waals surface area contributed by atoms with Crippen LogP contribution in [0.5, 0.6) is 0 Å². The number of amides is 4. The van der Waals surface area contributed by atoms with Gasteiger partial charge in [0.05, 0.1) is 6.54 Å². The van der Waals surface area contributed by atoms with Gasteiger partial charge in [-0.15, -0.1) is 0 Å². The highest BCUT2D eigenvalue weighted by molar-refractivity contribution is 5.95. The predicted molar refractivity (Wildman–Crippen MR) is 107 cm³/mol. The first kappa shape index (κ1) is 20.3. The van der Waals surface area contributed by atoms with E-state index in [9.17, 15) is 14.4 Å². The van der Waals surface area contributed by atoms with Crippen molar-refractivity contribution in [3.05, 3.63) is 35.4 Å². The zero-order valence-corrected chi connectivity index (χ0v) is 16.5. The number of carbonyl (C=O) groups is 3. The first-order valence-corrected chi connectivity index (χ1v) is 10.2. The molecule has 2 aliphatic rings. The highest BCUT2D eigenvalue weighted by Crippen LogP contribution is 2.28. The third-order valence-electron chi connectivity index (χ3n) is 5.43. The van der Waals surface area contributed by atoms with Crippen LogP contribution in [0.2, 0.25) is 0 Å². The van der Waals surface area contributed by atoms with Gasteiger partial charge in [-0.1, -0.05) is 31.4 Å². The lowest BCUT2D eigenvalue weighted by atomic mass is 9.96. The molecule has 7 nitrogen and oxygen atoms in total. The lowest BCUT2D eigenvalue weighted by Gasteiger charge is -2.24. The van der Waals surface area contributed by atoms with Crippen LogP contribution in [0.25, 0.3) is 0 Å². The summed E-state index contributed by atoms with van der Waals surface area (Å²) in [6.07, 6.45) is 7.60. The Hall–Kier alpha value is -2.41. The summed E-state index contributed by atoms with van der Waals surface area (Å²) >= 11 is 0. The fourth-order valence-electron chi connectivity index (χ4n) is 3.71. The van der Waals surface area contributed by atoms with Crippen LogP contribution >= 0.6 is 0 Å². The average Bonchev–Trinajstić information content (AvgIpc) is 3.53. The molecule has 0 radical (unpaired) electrons. The number of urea groups is 1. The van der Waals surface area contributed by atoms with E-state index < -0.39 is 0 Å². The first-order valence-electron chi connectivity index (χ1n) is 10.2. The third kappa shape index (κ3) is 6.05. The minimum absolute atomic E-state index is 0.117. The van der Waals surface area contributed by atoms with Gasteiger partial charge in [0.2, 0.25) is 5.91 Å². The van der Waals surface area contributed by atoms with Crippen molar-refractivity contribution in [3.63, 3.8) is 0 Å². The monoisotopic (exact) mass is 386 g/mol. The van der Waals surface area contributed by atoms with E-state index in [1.165, 1.54) is 6.42 Å². The van der Waals surface area contributed by atoms with Crippen LogP contribution in [-0.2, 0) is 11.3 Å². The van der Waals surface area contributed by atoms with Gasteiger partial charge in [0, 0.05) is 31.2 Å². The number of hydrogen-bond acceptors (Lipinski definition) is 4. The molecule has 0 heterocycles. The van der Waals surface area contributed by atoms with Crippen molar-refractivity contribution in [1.29, 1.82) is 0 Å². The van der Waals surface area contributed by atoms with Crippen LogP contribution in [0, 0.1) is 0 Å². The predicted octanol–water partition coefficient (Wildman–Crippen LogP) is 2.17. The maximum atomic E-state index is 12.3. The highest BCUT2D eigenvalue weighted by Gasteiger charge is 2.30. The Morgan fingerprint density at radius 1 is 1.00 bits per heavy atom. The van der Waals surface area contributed by atoms with Crippen LogP contribution in [0.3, 0.4) is 0 Å². The Labute approximate surface area is 166 Å². The van der Waals surface area contributed by atoms with Gasteiger partial charge in [0.1, 0.15) is 0 Å². The van der Waals surface area contributed by atoms with E-state index >= 15 is 0 Å². The maximum Gasteiger partial charge on any atom is 0.321 e. The molecule has 28 heavy (non-hydrogen) atoms. The second-order valence-electron chi connectivity index (χ2n) is 7.77. The number of hydrogen-bond donors (Lipinski definition) is 3. The van der Waals surface area contributed by atoms with E-state index in [0.717, 1.165) is 44.1 Å². The second kappa shape index (κ2) is 9.68. The summed E-state index contributed by atoms with van der Waals surface area (Å²) in [6, 6.07) is 7.57. The van der Waals surface area contributed by atoms with Crippen molar-refractivity contribution in [2.24, 2.45) is 0 Å². The smallest absolute Gasteiger partial charge is 0.321 e. The van der Waals surface area contributed by atoms with E-state index in [-0.39, 0.29) is 30.4 Å². The molecule has 0 bridgehead atoms. The summed E-state index contributed by atoms with van der Waals surface area (Å²) in [6.45, 7) is 0.816. The number of carbonyl (C=O) groups excluding carboxylic acids is 3. The number of imide groups is 1. The molecule has 3 rings (SSSR count). The molecule has 2 saturated carbocycles. The summed E-state index contributed by atoms with van der Waals surface area (Å²) < 4.78 is 0. The minimum atomic E-state index is -0.387. The maximum absolute atomic E-state index is 12.3. The molecule has 0 spiro atoms. The molecule has 7 heteroatoms. The van der Waals surface area contributed by atoms with Crippen molar-refractivity contribution >= 4 is 17.8 Å². The van der Waals surface area contributed by atoms with Gasteiger partial charge in [-0.05, 0) is 43.4 Å². The molecule has 0 aromatic heterocycles. The lowest BCUT2D eigenvalue weighted by molar-refractivity contribution is -0.121. The van der Waals surface area contributed by atoms with Crippen molar-refractivity contribution in [2.45, 2.75) is 63.6 Å². The summed E-state index contributed by atoms with van der Waals surface area (Å²) in [5, 5.41) is 7.99. The average molecular weight is 386 g/mol. The Balaban J connectivity index is 1.49. The Bertz CT molecular complexity index is 694. The Morgan fingerprint density at radius 2 is 1.68 bits per heavy atom. The van der Waals surface area contributed by atoms with Crippen LogP contribution in [-0.4, -0.2) is 48.4 Å². The van der Waals surface area contributed by atoms with Gasteiger partial charge >= 0.3 is 6.03 Å². The zero-order chi connectivity index (χ0) is 19.9. The number of nitrogens with one attached hydrogen (secondary N) is 3. The van der Waals surface area contributed by atoms with Crippen LogP contribution in [0.4, 0.5) is 4.79 Å². The molecule has 4 amide bonds. The molecule has 2 aliphatic carbocycles. The highest BCUT2D eigenvalue weighted by atomic mass is 16.2. The summed E-state index contributed by atoms with van der Waals surface area (Å²) in [5.41, 5.74) is 1.65. The van der Waals surface area contributed by atoms with Crippen LogP contribution in [0.1, 0.15) is 60.9 Å². The Kier molecular flexibility index (Phi) is 7.03. The molecule has 152 valence electrons. The van der Waals surface area contributed by atoms with Crippen molar-refractivity contribution in [1.82, 2.24) is 20.9 Å². The molecule has 1 aromatic carbocycles. The molecule has 0 saturated heterocycles. The minimum Gasteiger partial charge on any atom is -0.355 e. The van der Waals surface area contributed by atoms with Gasteiger partial charge < -0.3 is 10.6 Å². The van der Waals surface area contributed by atoms with Crippen molar-refractivity contribution in [2.75, 3.05) is 13.6 Å². The van der Waals surface area contributed by atoms with Crippen LogP contribution in [0.15, 0.2) is 24.3 Å². The fraction of sp³-hybridized carbons (Fsp3) is 0.571. The topological polar surface area (TPSA) is 90.5 Å². The third-order valence-corrected chi connectivity index (χ3v) is 5.43. The zero-order valence-electron chi connectivity index (χ0n) is 16.5. The SMILES string of the molecule is CNC(=O)c1ccc(CN(CC(=O)NC(=O)NC2CCCCC2)C2CC2)cc1. The summed E-state index contributed by atoms with van der Waals surface area (Å²) in [7, 11) is 1.61. The number of benzene rings is 1. The van der Waals surface area contributed by atoms with Crippen molar-refractivity contribution in [3.8, 4) is 0 Å². The lowest BCUT2D eigenvalue weighted by Crippen LogP contribution is -2.48. The van der Waals surface area contributed by atoms with Gasteiger partial charge in [0.25, 0.3) is 5.91 Å². The molecular weight excluding hydrogens is 356 g/mol. The Morgan fingerprint density at radius 3 is 2.29 bits per heavy atom. The standard InChI is InChI=1S/C21H30N4O3/c1-22-20(27)16-9-7-15(8-10-16)13-25(18-11-12-18)14-19(26)24-21(28)23-17-5-3-2-4-6-17/h7-10,17-18H,2-6,11-14H2,1H3,(H,22,27)(H2,23,24,26,28). The van der Waals surface area contributed by atoms with Crippen LogP contribution < -0.4 is 16.0 Å². The molecule has 2 fully saturated rings. The van der Waals surface area contributed by atoms with E-state index in [4.69, 9.17) is 0 Å². The fourth-order valence-corrected chi connectivity index (χ4v) is 3.71. The molecular formula is C21H30N4O3. The van der Waals surface area contributed by atoms with Crippen molar-refractivity contribution < 1.29 is 14.4 Å². The summed E-state index contributed by atoms with van der Waals surface area (Å²) in [4.78, 5) is 38.2. The molecule has 0 atom stereocenters. The van der Waals surface area contributed by atoms with E-state index in [1.54, 1.807) is 19.2 Å². The van der Waals surface area contributed by atoms with Gasteiger partial charge in [0.15, 0.2) is 0 Å². The number of nitrogens with zero attached hydrogens (tertiary/aromatic N) is 1. The van der Waals surface area contributed by atoms with E-state index in [2.05, 4.69) is 20.9 Å².